The number of hydrogen-bond donors (Lipinski definition) is 2. The van der Waals surface area contributed by atoms with E-state index < -0.39 is 0 Å². The predicted octanol–water partition coefficient (Wildman–Crippen LogP) is 4.39. The largest absolute Gasteiger partial charge is 0.326 e. The molecular formula is C20H24N2O2S. The lowest BCUT2D eigenvalue weighted by molar-refractivity contribution is -0.116. The van der Waals surface area contributed by atoms with Gasteiger partial charge in [0.25, 0.3) is 0 Å². The van der Waals surface area contributed by atoms with Gasteiger partial charge in [0, 0.05) is 17.8 Å². The van der Waals surface area contributed by atoms with Gasteiger partial charge in [-0.15, -0.1) is 0 Å². The molecule has 0 aliphatic heterocycles. The Hall–Kier alpha value is -2.27. The van der Waals surface area contributed by atoms with Crippen molar-refractivity contribution in [1.82, 2.24) is 0 Å². The third kappa shape index (κ3) is 7.44. The van der Waals surface area contributed by atoms with Gasteiger partial charge in [-0.1, -0.05) is 29.8 Å². The molecule has 0 atom stereocenters. The van der Waals surface area contributed by atoms with Crippen LogP contribution in [-0.4, -0.2) is 23.3 Å². The number of nitrogens with one attached hydrogen (secondary N) is 2. The second-order valence-corrected chi connectivity index (χ2v) is 7.09. The molecule has 2 N–H and O–H groups in total. The average molecular weight is 356 g/mol. The van der Waals surface area contributed by atoms with Crippen LogP contribution in [0.25, 0.3) is 0 Å². The van der Waals surface area contributed by atoms with Crippen molar-refractivity contribution in [3.8, 4) is 0 Å². The second kappa shape index (κ2) is 9.89. The lowest BCUT2D eigenvalue weighted by atomic mass is 10.2. The van der Waals surface area contributed by atoms with E-state index in [1.165, 1.54) is 0 Å². The third-order valence-corrected chi connectivity index (χ3v) is 4.61. The van der Waals surface area contributed by atoms with E-state index in [0.29, 0.717) is 12.2 Å². The number of benzene rings is 2. The second-order valence-electron chi connectivity index (χ2n) is 5.99. The molecule has 0 fully saturated rings. The molecular weight excluding hydrogens is 332 g/mol. The summed E-state index contributed by atoms with van der Waals surface area (Å²) in [4.78, 5) is 23.7. The molecule has 0 saturated carbocycles. The van der Waals surface area contributed by atoms with Gasteiger partial charge in [0.15, 0.2) is 0 Å². The van der Waals surface area contributed by atoms with Crippen molar-refractivity contribution in [2.45, 2.75) is 26.7 Å². The molecule has 2 rings (SSSR count). The Morgan fingerprint density at radius 3 is 2.32 bits per heavy atom. The van der Waals surface area contributed by atoms with Gasteiger partial charge < -0.3 is 10.6 Å². The Labute approximate surface area is 153 Å². The summed E-state index contributed by atoms with van der Waals surface area (Å²) in [5.74, 6) is 1.17. The monoisotopic (exact) mass is 356 g/mol. The Kier molecular flexibility index (Phi) is 7.54. The zero-order chi connectivity index (χ0) is 18.1. The molecule has 0 bridgehead atoms. The minimum Gasteiger partial charge on any atom is -0.326 e. The van der Waals surface area contributed by atoms with Crippen molar-refractivity contribution >= 4 is 35.0 Å². The highest BCUT2D eigenvalue weighted by atomic mass is 32.2. The highest BCUT2D eigenvalue weighted by Crippen LogP contribution is 2.12. The number of anilines is 2. The van der Waals surface area contributed by atoms with Crippen LogP contribution in [0.1, 0.15) is 24.0 Å². The quantitative estimate of drug-likeness (QED) is 0.690. The molecule has 0 aliphatic rings. The summed E-state index contributed by atoms with van der Waals surface area (Å²) in [6.45, 7) is 4.00. The molecule has 0 radical (unpaired) electrons. The Morgan fingerprint density at radius 1 is 0.880 bits per heavy atom. The van der Waals surface area contributed by atoms with E-state index in [4.69, 9.17) is 0 Å². The maximum Gasteiger partial charge on any atom is 0.234 e. The molecule has 0 unspecified atom stereocenters. The first-order chi connectivity index (χ1) is 12.0. The summed E-state index contributed by atoms with van der Waals surface area (Å²) < 4.78 is 0. The van der Waals surface area contributed by atoms with E-state index >= 15 is 0 Å². The fraction of sp³-hybridized carbons (Fsp3) is 0.300. The van der Waals surface area contributed by atoms with Crippen LogP contribution in [0.2, 0.25) is 0 Å². The topological polar surface area (TPSA) is 58.2 Å². The Bertz CT molecular complexity index is 714. The van der Waals surface area contributed by atoms with Gasteiger partial charge in [-0.25, -0.2) is 0 Å². The molecule has 0 aliphatic carbocycles. The van der Waals surface area contributed by atoms with E-state index in [0.717, 1.165) is 34.7 Å². The number of amides is 2. The molecule has 0 heterocycles. The van der Waals surface area contributed by atoms with Crippen LogP contribution in [0.5, 0.6) is 0 Å². The molecule has 2 aromatic rings. The van der Waals surface area contributed by atoms with Crippen LogP contribution in [0.3, 0.4) is 0 Å². The highest BCUT2D eigenvalue weighted by Gasteiger charge is 2.05. The summed E-state index contributed by atoms with van der Waals surface area (Å²) in [6, 6.07) is 15.5. The van der Waals surface area contributed by atoms with Gasteiger partial charge >= 0.3 is 0 Å². The van der Waals surface area contributed by atoms with Crippen LogP contribution < -0.4 is 10.6 Å². The van der Waals surface area contributed by atoms with Gasteiger partial charge in [0.05, 0.1) is 5.75 Å². The molecule has 132 valence electrons. The molecule has 0 saturated heterocycles. The first-order valence-corrected chi connectivity index (χ1v) is 9.49. The normalized spacial score (nSPS) is 10.3. The summed E-state index contributed by atoms with van der Waals surface area (Å²) in [5.41, 5.74) is 3.92. The number of carbonyl (C=O) groups excluding carboxylic acids is 2. The third-order valence-electron chi connectivity index (χ3n) is 3.56. The number of hydrogen-bond acceptors (Lipinski definition) is 3. The number of aryl methyl sites for hydroxylation is 2. The Morgan fingerprint density at radius 2 is 1.60 bits per heavy atom. The molecule has 0 spiro atoms. The van der Waals surface area contributed by atoms with Gasteiger partial charge in [-0.05, 0) is 55.9 Å². The van der Waals surface area contributed by atoms with Crippen molar-refractivity contribution in [3.63, 3.8) is 0 Å². The van der Waals surface area contributed by atoms with Crippen molar-refractivity contribution in [3.05, 3.63) is 59.7 Å². The van der Waals surface area contributed by atoms with Gasteiger partial charge in [-0.2, -0.15) is 11.8 Å². The maximum atomic E-state index is 11.9. The summed E-state index contributed by atoms with van der Waals surface area (Å²) in [7, 11) is 0. The minimum atomic E-state index is -0.0157. The standard InChI is InChI=1S/C20H24N2O2S/c1-15-8-10-17(11-9-15)21-20(24)14-25-12-4-7-19(23)22-18-6-3-5-16(2)13-18/h3,5-6,8-11,13H,4,7,12,14H2,1-2H3,(H,21,24)(H,22,23). The zero-order valence-electron chi connectivity index (χ0n) is 14.7. The average Bonchev–Trinajstić information content (AvgIpc) is 2.56. The molecule has 0 aromatic heterocycles. The molecule has 2 amide bonds. The van der Waals surface area contributed by atoms with Crippen LogP contribution in [0, 0.1) is 13.8 Å². The van der Waals surface area contributed by atoms with Crippen molar-refractivity contribution in [1.29, 1.82) is 0 Å². The first kappa shape index (κ1) is 19.1. The number of thioether (sulfide) groups is 1. The fourth-order valence-electron chi connectivity index (χ4n) is 2.28. The van der Waals surface area contributed by atoms with Crippen molar-refractivity contribution < 1.29 is 9.59 Å². The van der Waals surface area contributed by atoms with Crippen LogP contribution in [-0.2, 0) is 9.59 Å². The SMILES string of the molecule is Cc1ccc(NC(=O)CSCCCC(=O)Nc2cccc(C)c2)cc1. The van der Waals surface area contributed by atoms with E-state index in [-0.39, 0.29) is 11.8 Å². The lowest BCUT2D eigenvalue weighted by Crippen LogP contribution is -2.15. The molecule has 4 nitrogen and oxygen atoms in total. The minimum absolute atomic E-state index is 0.00954. The van der Waals surface area contributed by atoms with Crippen molar-refractivity contribution in [2.75, 3.05) is 22.1 Å². The number of rotatable bonds is 8. The summed E-state index contributed by atoms with van der Waals surface area (Å²) >= 11 is 1.54. The highest BCUT2D eigenvalue weighted by molar-refractivity contribution is 7.99. The van der Waals surface area contributed by atoms with E-state index in [1.807, 2.05) is 62.4 Å². The van der Waals surface area contributed by atoms with Gasteiger partial charge in [0.2, 0.25) is 11.8 Å². The lowest BCUT2D eigenvalue weighted by Gasteiger charge is -2.07. The molecule has 5 heteroatoms. The van der Waals surface area contributed by atoms with Gasteiger partial charge in [-0.3, -0.25) is 9.59 Å². The predicted molar refractivity (Wildman–Crippen MR) is 106 cm³/mol. The first-order valence-electron chi connectivity index (χ1n) is 8.34. The molecule has 25 heavy (non-hydrogen) atoms. The van der Waals surface area contributed by atoms with Gasteiger partial charge in [0.1, 0.15) is 0 Å². The van der Waals surface area contributed by atoms with E-state index in [2.05, 4.69) is 10.6 Å². The fourth-order valence-corrected chi connectivity index (χ4v) is 3.03. The van der Waals surface area contributed by atoms with Crippen LogP contribution >= 0.6 is 11.8 Å². The molecule has 2 aromatic carbocycles. The van der Waals surface area contributed by atoms with E-state index in [9.17, 15) is 9.59 Å². The summed E-state index contributed by atoms with van der Waals surface area (Å²) in [5, 5.41) is 5.76. The maximum absolute atomic E-state index is 11.9. The zero-order valence-corrected chi connectivity index (χ0v) is 15.5. The van der Waals surface area contributed by atoms with Crippen molar-refractivity contribution in [2.24, 2.45) is 0 Å². The number of carbonyl (C=O) groups is 2. The Balaban J connectivity index is 1.58. The van der Waals surface area contributed by atoms with Crippen LogP contribution in [0.15, 0.2) is 48.5 Å². The summed E-state index contributed by atoms with van der Waals surface area (Å²) in [6.07, 6.45) is 1.21. The van der Waals surface area contributed by atoms with Crippen LogP contribution in [0.4, 0.5) is 11.4 Å². The van der Waals surface area contributed by atoms with E-state index in [1.54, 1.807) is 11.8 Å². The smallest absolute Gasteiger partial charge is 0.234 e.